The molecule has 3 N–H and O–H groups in total. The van der Waals surface area contributed by atoms with Gasteiger partial charge in [-0.15, -0.1) is 0 Å². The van der Waals surface area contributed by atoms with Crippen LogP contribution in [0.15, 0.2) is 0 Å². The molecule has 53 valence electrons. The minimum atomic E-state index is -0.928. The maximum Gasteiger partial charge on any atom is 0.320 e. The van der Waals surface area contributed by atoms with Crippen LogP contribution in [0, 0.1) is 0 Å². The van der Waals surface area contributed by atoms with Crippen LogP contribution in [0.4, 0.5) is 0 Å². The van der Waals surface area contributed by atoms with Crippen LogP contribution < -0.4 is 5.73 Å². The number of rotatable bonds is 2. The molecule has 1 atom stereocenters. The Labute approximate surface area is 63.8 Å². The number of hydrogen-bond acceptors (Lipinski definition) is 2. The van der Waals surface area contributed by atoms with Crippen molar-refractivity contribution < 1.29 is 32.3 Å². The molecule has 0 aliphatic heterocycles. The van der Waals surface area contributed by atoms with Crippen LogP contribution >= 0.6 is 0 Å². The van der Waals surface area contributed by atoms with Gasteiger partial charge in [0.2, 0.25) is 0 Å². The van der Waals surface area contributed by atoms with Crippen molar-refractivity contribution in [2.24, 2.45) is 5.73 Å². The molecule has 0 aromatic carbocycles. The van der Waals surface area contributed by atoms with Crippen molar-refractivity contribution >= 4 is 5.97 Å². The predicted molar refractivity (Wildman–Crippen MR) is 25.9 cm³/mol. The van der Waals surface area contributed by atoms with Crippen molar-refractivity contribution in [1.29, 1.82) is 0 Å². The van der Waals surface area contributed by atoms with Gasteiger partial charge in [-0.25, -0.2) is 0 Å². The first-order chi connectivity index (χ1) is 3.18. The van der Waals surface area contributed by atoms with Crippen LogP contribution in [0.25, 0.3) is 0 Å². The Morgan fingerprint density at radius 3 is 2.25 bits per heavy atom. The van der Waals surface area contributed by atoms with Gasteiger partial charge in [-0.2, -0.15) is 0 Å². The van der Waals surface area contributed by atoms with Crippen molar-refractivity contribution in [2.75, 3.05) is 0 Å². The minimum absolute atomic E-state index is 0. The van der Waals surface area contributed by atoms with Gasteiger partial charge in [0, 0.05) is 22.4 Å². The summed E-state index contributed by atoms with van der Waals surface area (Å²) in [5, 5.41) is 8.06. The minimum Gasteiger partial charge on any atom is -0.480 e. The summed E-state index contributed by atoms with van der Waals surface area (Å²) in [4.78, 5) is 9.81. The molecule has 0 aromatic rings. The van der Waals surface area contributed by atoms with E-state index < -0.39 is 12.0 Å². The van der Waals surface area contributed by atoms with Crippen molar-refractivity contribution in [2.45, 2.75) is 19.4 Å². The molecule has 8 heavy (non-hydrogen) atoms. The van der Waals surface area contributed by atoms with Crippen LogP contribution in [0.5, 0.6) is 0 Å². The molecule has 1 unspecified atom stereocenters. The monoisotopic (exact) mass is 300 g/mol. The van der Waals surface area contributed by atoms with E-state index in [2.05, 4.69) is 0 Å². The third-order valence-electron chi connectivity index (χ3n) is 0.757. The molecule has 0 aromatic heterocycles. The van der Waals surface area contributed by atoms with E-state index in [1.807, 2.05) is 0 Å². The molecule has 0 rings (SSSR count). The number of carboxylic acids is 1. The third kappa shape index (κ3) is 4.33. The second-order valence-electron chi connectivity index (χ2n) is 1.35. The van der Waals surface area contributed by atoms with E-state index in [0.29, 0.717) is 6.42 Å². The van der Waals surface area contributed by atoms with E-state index in [4.69, 9.17) is 10.8 Å². The number of carbonyl (C=O) groups is 1. The van der Waals surface area contributed by atoms with E-state index in [0.717, 1.165) is 0 Å². The molecule has 0 spiro atoms. The molecule has 0 heterocycles. The summed E-state index contributed by atoms with van der Waals surface area (Å²) in [7, 11) is 0. The summed E-state index contributed by atoms with van der Waals surface area (Å²) >= 11 is 0. The SMILES string of the molecule is CCC(N)C(=O)O.[Au]. The molecular weight excluding hydrogens is 291 g/mol. The van der Waals surface area contributed by atoms with Crippen molar-refractivity contribution in [1.82, 2.24) is 0 Å². The second kappa shape index (κ2) is 5.31. The quantitative estimate of drug-likeness (QED) is 0.695. The zero-order valence-electron chi connectivity index (χ0n) is 4.52. The zero-order valence-corrected chi connectivity index (χ0v) is 6.69. The summed E-state index contributed by atoms with van der Waals surface area (Å²) in [5.41, 5.74) is 5.02. The number of carboxylic acid groups (broad SMARTS) is 1. The van der Waals surface area contributed by atoms with E-state index in [9.17, 15) is 4.79 Å². The standard InChI is InChI=1S/C4H9NO2.Au/c1-2-3(5)4(6)7;/h3H,2,5H2,1H3,(H,6,7);. The van der Waals surface area contributed by atoms with Gasteiger partial charge in [0.05, 0.1) is 0 Å². The van der Waals surface area contributed by atoms with Gasteiger partial charge in [-0.05, 0) is 6.42 Å². The zero-order chi connectivity index (χ0) is 5.86. The summed E-state index contributed by atoms with van der Waals surface area (Å²) in [5.74, 6) is -0.928. The van der Waals surface area contributed by atoms with Crippen molar-refractivity contribution in [3.8, 4) is 0 Å². The van der Waals surface area contributed by atoms with Crippen LogP contribution in [0.3, 0.4) is 0 Å². The maximum atomic E-state index is 9.81. The van der Waals surface area contributed by atoms with E-state index in [1.54, 1.807) is 6.92 Å². The molecule has 0 aliphatic rings. The van der Waals surface area contributed by atoms with Gasteiger partial charge in [-0.3, -0.25) is 4.79 Å². The molecule has 0 amide bonds. The topological polar surface area (TPSA) is 63.3 Å². The molecule has 0 fully saturated rings. The predicted octanol–water partition coefficient (Wildman–Crippen LogP) is -0.194. The van der Waals surface area contributed by atoms with E-state index in [-0.39, 0.29) is 22.4 Å². The average Bonchev–Trinajstić information content (AvgIpc) is 1.65. The van der Waals surface area contributed by atoms with Gasteiger partial charge in [-0.1, -0.05) is 6.92 Å². The molecule has 1 radical (unpaired) electrons. The third-order valence-corrected chi connectivity index (χ3v) is 0.757. The van der Waals surface area contributed by atoms with Gasteiger partial charge >= 0.3 is 5.97 Å². The van der Waals surface area contributed by atoms with Crippen LogP contribution in [0.1, 0.15) is 13.3 Å². The van der Waals surface area contributed by atoms with Gasteiger partial charge in [0.1, 0.15) is 6.04 Å². The molecule has 0 aliphatic carbocycles. The molecule has 0 saturated heterocycles. The Morgan fingerprint density at radius 2 is 2.25 bits per heavy atom. The maximum absolute atomic E-state index is 9.81. The van der Waals surface area contributed by atoms with Gasteiger partial charge < -0.3 is 10.8 Å². The van der Waals surface area contributed by atoms with Crippen molar-refractivity contribution in [3.63, 3.8) is 0 Å². The molecule has 0 bridgehead atoms. The normalized spacial score (nSPS) is 11.8. The fourth-order valence-corrected chi connectivity index (χ4v) is 0.175. The van der Waals surface area contributed by atoms with Crippen LogP contribution in [-0.4, -0.2) is 17.1 Å². The summed E-state index contributed by atoms with van der Waals surface area (Å²) in [6, 6.07) is -0.681. The first kappa shape index (κ1) is 11.0. The molecule has 4 heteroatoms. The summed E-state index contributed by atoms with van der Waals surface area (Å²) in [6.45, 7) is 1.73. The molecular formula is C4H9AuNO2. The number of aliphatic carboxylic acids is 1. The second-order valence-corrected chi connectivity index (χ2v) is 1.35. The Hall–Kier alpha value is 0.170. The Balaban J connectivity index is 0. The van der Waals surface area contributed by atoms with Gasteiger partial charge in [0.25, 0.3) is 0 Å². The fraction of sp³-hybridized carbons (Fsp3) is 0.750. The fourth-order valence-electron chi connectivity index (χ4n) is 0.175. The smallest absolute Gasteiger partial charge is 0.320 e. The van der Waals surface area contributed by atoms with Crippen LogP contribution in [0.2, 0.25) is 0 Å². The Morgan fingerprint density at radius 1 is 1.88 bits per heavy atom. The first-order valence-electron chi connectivity index (χ1n) is 2.17. The first-order valence-corrected chi connectivity index (χ1v) is 2.17. The summed E-state index contributed by atoms with van der Waals surface area (Å²) < 4.78 is 0. The number of nitrogens with two attached hydrogens (primary N) is 1. The molecule has 0 saturated carbocycles. The largest absolute Gasteiger partial charge is 0.480 e. The van der Waals surface area contributed by atoms with E-state index >= 15 is 0 Å². The van der Waals surface area contributed by atoms with Crippen molar-refractivity contribution in [3.05, 3.63) is 0 Å². The van der Waals surface area contributed by atoms with Gasteiger partial charge in [0.15, 0.2) is 0 Å². The summed E-state index contributed by atoms with van der Waals surface area (Å²) in [6.07, 6.45) is 0.495. The van der Waals surface area contributed by atoms with Crippen LogP contribution in [-0.2, 0) is 27.2 Å². The Kier molecular flexibility index (Phi) is 7.32. The average molecular weight is 300 g/mol. The number of hydrogen-bond donors (Lipinski definition) is 2. The van der Waals surface area contributed by atoms with E-state index in [1.165, 1.54) is 0 Å². The Bertz CT molecular complexity index is 76.4. The molecule has 3 nitrogen and oxygen atoms in total.